The molecule has 0 radical (unpaired) electrons. The molecule has 1 saturated heterocycles. The Balaban J connectivity index is 2.42. The first-order valence-electron chi connectivity index (χ1n) is 4.86. The van der Waals surface area contributed by atoms with E-state index in [1.165, 1.54) is 12.1 Å². The Morgan fingerprint density at radius 2 is 1.73 bits per heavy atom. The van der Waals surface area contributed by atoms with Gasteiger partial charge in [-0.05, 0) is 19.1 Å². The van der Waals surface area contributed by atoms with Crippen molar-refractivity contribution in [3.8, 4) is 0 Å². The molecule has 2 rings (SSSR count). The van der Waals surface area contributed by atoms with Gasteiger partial charge in [0.15, 0.2) is 0 Å². The summed E-state index contributed by atoms with van der Waals surface area (Å²) in [6, 6.07) is 6.42. The fraction of sp³-hybridized carbons (Fsp3) is 0.400. The Hall–Kier alpha value is -0.910. The highest BCUT2D eigenvalue weighted by atomic mass is 32.2. The van der Waals surface area contributed by atoms with Crippen molar-refractivity contribution in [1.82, 2.24) is 0 Å². The first-order chi connectivity index (χ1) is 6.96. The number of quaternary nitrogens is 1. The van der Waals surface area contributed by atoms with Gasteiger partial charge in [-0.15, -0.1) is 0 Å². The first-order valence-corrected chi connectivity index (χ1v) is 6.30. The standard InChI is InChI=1S/C10H13NO3S/c1-9-3-5-10(6-4-9)15(13,14)11(12)7-2-8-11/h3-6H,2,7-8H2,1H3. The second-order valence-electron chi connectivity index (χ2n) is 3.90. The third-order valence-electron chi connectivity index (χ3n) is 2.75. The maximum atomic E-state index is 11.9. The molecule has 5 heteroatoms. The van der Waals surface area contributed by atoms with Crippen molar-refractivity contribution in [3.05, 3.63) is 35.0 Å². The van der Waals surface area contributed by atoms with Crippen molar-refractivity contribution in [2.75, 3.05) is 13.1 Å². The predicted molar refractivity (Wildman–Crippen MR) is 56.3 cm³/mol. The van der Waals surface area contributed by atoms with Crippen LogP contribution in [0.2, 0.25) is 0 Å². The van der Waals surface area contributed by atoms with Crippen LogP contribution in [0.25, 0.3) is 0 Å². The second kappa shape index (κ2) is 3.30. The first kappa shape index (κ1) is 10.6. The van der Waals surface area contributed by atoms with Crippen LogP contribution >= 0.6 is 0 Å². The summed E-state index contributed by atoms with van der Waals surface area (Å²) < 4.78 is 22.7. The molecular weight excluding hydrogens is 214 g/mol. The molecule has 0 aromatic heterocycles. The van der Waals surface area contributed by atoms with Crippen LogP contribution < -0.4 is 0 Å². The summed E-state index contributed by atoms with van der Waals surface area (Å²) in [5, 5.41) is 11.8. The molecule has 0 saturated carbocycles. The number of hydroxylamine groups is 2. The maximum Gasteiger partial charge on any atom is 0.327 e. The molecule has 1 heterocycles. The molecule has 0 atom stereocenters. The largest absolute Gasteiger partial charge is 0.616 e. The van der Waals surface area contributed by atoms with E-state index in [4.69, 9.17) is 0 Å². The van der Waals surface area contributed by atoms with E-state index in [2.05, 4.69) is 0 Å². The monoisotopic (exact) mass is 227 g/mol. The lowest BCUT2D eigenvalue weighted by Crippen LogP contribution is -2.56. The minimum Gasteiger partial charge on any atom is -0.616 e. The number of hydrogen-bond acceptors (Lipinski definition) is 3. The lowest BCUT2D eigenvalue weighted by molar-refractivity contribution is -0.797. The molecular formula is C10H13NO3S. The summed E-state index contributed by atoms with van der Waals surface area (Å²) in [6.07, 6.45) is 0.689. The summed E-state index contributed by atoms with van der Waals surface area (Å²) in [5.41, 5.74) is 0.981. The van der Waals surface area contributed by atoms with Crippen LogP contribution in [-0.2, 0) is 10.0 Å². The third-order valence-corrected chi connectivity index (χ3v) is 4.86. The van der Waals surface area contributed by atoms with Gasteiger partial charge in [0.1, 0.15) is 4.90 Å². The highest BCUT2D eigenvalue weighted by Crippen LogP contribution is 2.29. The van der Waals surface area contributed by atoms with Gasteiger partial charge in [-0.1, -0.05) is 17.7 Å². The molecule has 0 bridgehead atoms. The molecule has 0 amide bonds. The topological polar surface area (TPSA) is 57.2 Å². The number of sulfonamides is 1. The minimum absolute atomic E-state index is 0.128. The molecule has 1 aromatic rings. The quantitative estimate of drug-likeness (QED) is 0.567. The normalized spacial score (nSPS) is 19.6. The van der Waals surface area contributed by atoms with Gasteiger partial charge < -0.3 is 5.21 Å². The van der Waals surface area contributed by atoms with Crippen molar-refractivity contribution in [3.63, 3.8) is 0 Å². The summed E-state index contributed by atoms with van der Waals surface area (Å²) in [5.74, 6) is 0. The Bertz CT molecular complexity index is 460. The van der Waals surface area contributed by atoms with Crippen LogP contribution in [0.3, 0.4) is 0 Å². The van der Waals surface area contributed by atoms with Gasteiger partial charge >= 0.3 is 10.0 Å². The second-order valence-corrected chi connectivity index (χ2v) is 5.99. The molecule has 15 heavy (non-hydrogen) atoms. The van der Waals surface area contributed by atoms with E-state index in [-0.39, 0.29) is 18.0 Å². The summed E-state index contributed by atoms with van der Waals surface area (Å²) in [7, 11) is -3.74. The van der Waals surface area contributed by atoms with E-state index in [0.29, 0.717) is 6.42 Å². The molecule has 1 fully saturated rings. The van der Waals surface area contributed by atoms with E-state index >= 15 is 0 Å². The lowest BCUT2D eigenvalue weighted by atomic mass is 10.2. The van der Waals surface area contributed by atoms with Gasteiger partial charge in [0, 0.05) is 6.42 Å². The highest BCUT2D eigenvalue weighted by Gasteiger charge is 2.40. The Kier molecular flexibility index (Phi) is 2.33. The molecule has 1 aromatic carbocycles. The van der Waals surface area contributed by atoms with Gasteiger partial charge in [0.05, 0.1) is 13.1 Å². The summed E-state index contributed by atoms with van der Waals surface area (Å²) in [4.78, 5) is 0.128. The van der Waals surface area contributed by atoms with Crippen molar-refractivity contribution in [1.29, 1.82) is 0 Å². The van der Waals surface area contributed by atoms with Gasteiger partial charge in [-0.25, -0.2) is 4.05 Å². The van der Waals surface area contributed by atoms with Gasteiger partial charge in [-0.3, -0.25) is 0 Å². The number of nitrogens with zero attached hydrogens (tertiary/aromatic N) is 1. The fourth-order valence-electron chi connectivity index (χ4n) is 1.56. The lowest BCUT2D eigenvalue weighted by Gasteiger charge is -2.46. The number of rotatable bonds is 2. The molecule has 0 unspecified atom stereocenters. The van der Waals surface area contributed by atoms with Crippen molar-refractivity contribution < 1.29 is 12.5 Å². The summed E-state index contributed by atoms with van der Waals surface area (Å²) >= 11 is 0. The average molecular weight is 227 g/mol. The number of benzene rings is 1. The van der Waals surface area contributed by atoms with Crippen LogP contribution in [-0.4, -0.2) is 25.6 Å². The third kappa shape index (κ3) is 1.56. The van der Waals surface area contributed by atoms with Crippen LogP contribution in [0.5, 0.6) is 0 Å². The molecule has 82 valence electrons. The Morgan fingerprint density at radius 3 is 2.13 bits per heavy atom. The maximum absolute atomic E-state index is 11.9. The number of aryl methyl sites for hydroxylation is 1. The molecule has 4 nitrogen and oxygen atoms in total. The molecule has 1 aliphatic rings. The highest BCUT2D eigenvalue weighted by molar-refractivity contribution is 7.86. The van der Waals surface area contributed by atoms with E-state index in [1.54, 1.807) is 12.1 Å². The summed E-state index contributed by atoms with van der Waals surface area (Å²) in [6.45, 7) is 2.23. The van der Waals surface area contributed by atoms with E-state index in [0.717, 1.165) is 5.56 Å². The van der Waals surface area contributed by atoms with Gasteiger partial charge in [0.25, 0.3) is 0 Å². The van der Waals surface area contributed by atoms with Crippen LogP contribution in [0.4, 0.5) is 0 Å². The molecule has 0 N–H and O–H groups in total. The van der Waals surface area contributed by atoms with Crippen LogP contribution in [0.1, 0.15) is 12.0 Å². The van der Waals surface area contributed by atoms with E-state index in [1.807, 2.05) is 6.92 Å². The van der Waals surface area contributed by atoms with Crippen molar-refractivity contribution >= 4 is 10.0 Å². The predicted octanol–water partition coefficient (Wildman–Crippen LogP) is 1.40. The molecule has 1 aliphatic heterocycles. The van der Waals surface area contributed by atoms with Gasteiger partial charge in [-0.2, -0.15) is 8.42 Å². The van der Waals surface area contributed by atoms with E-state index in [9.17, 15) is 13.6 Å². The smallest absolute Gasteiger partial charge is 0.327 e. The molecule has 0 aliphatic carbocycles. The number of hydrogen-bond donors (Lipinski definition) is 0. The zero-order chi connectivity index (χ0) is 11.1. The SMILES string of the molecule is Cc1ccc(S(=O)(=O)[N+]2([O-])CCC2)cc1. The Morgan fingerprint density at radius 1 is 1.20 bits per heavy atom. The zero-order valence-electron chi connectivity index (χ0n) is 8.51. The van der Waals surface area contributed by atoms with Crippen LogP contribution in [0, 0.1) is 12.1 Å². The average Bonchev–Trinajstić information content (AvgIpc) is 2.14. The van der Waals surface area contributed by atoms with Crippen molar-refractivity contribution in [2.24, 2.45) is 0 Å². The minimum atomic E-state index is -3.74. The van der Waals surface area contributed by atoms with Crippen molar-refractivity contribution in [2.45, 2.75) is 18.2 Å². The fourth-order valence-corrected chi connectivity index (χ4v) is 3.16. The van der Waals surface area contributed by atoms with Crippen LogP contribution in [0.15, 0.2) is 29.2 Å². The molecule has 0 spiro atoms. The van der Waals surface area contributed by atoms with Gasteiger partial charge in [0.2, 0.25) is 0 Å². The Labute approximate surface area is 89.4 Å². The van der Waals surface area contributed by atoms with E-state index < -0.39 is 14.1 Å². The zero-order valence-corrected chi connectivity index (χ0v) is 9.33.